The number of H-pyrrole nitrogens is 1. The SMILES string of the molecule is Cc1ccc(OCC(=O)Nc2ccccc2Cc2nn[nH]n2)cc1C. The zero-order chi connectivity index (χ0) is 17.6. The molecule has 0 spiro atoms. The van der Waals surface area contributed by atoms with E-state index in [1.807, 2.05) is 56.3 Å². The Balaban J connectivity index is 1.62. The topological polar surface area (TPSA) is 92.8 Å². The Morgan fingerprint density at radius 1 is 1.16 bits per heavy atom. The van der Waals surface area contributed by atoms with Gasteiger partial charge in [0.1, 0.15) is 5.75 Å². The number of nitrogens with one attached hydrogen (secondary N) is 2. The Bertz CT molecular complexity index is 862. The van der Waals surface area contributed by atoms with E-state index >= 15 is 0 Å². The monoisotopic (exact) mass is 337 g/mol. The van der Waals surface area contributed by atoms with Crippen LogP contribution in [-0.4, -0.2) is 33.1 Å². The molecule has 128 valence electrons. The van der Waals surface area contributed by atoms with E-state index in [0.717, 1.165) is 11.1 Å². The molecular formula is C18H19N5O2. The lowest BCUT2D eigenvalue weighted by atomic mass is 10.1. The van der Waals surface area contributed by atoms with Crippen LogP contribution in [0.5, 0.6) is 5.75 Å². The molecule has 2 N–H and O–H groups in total. The maximum Gasteiger partial charge on any atom is 0.262 e. The number of aromatic nitrogens is 4. The number of para-hydroxylation sites is 1. The fourth-order valence-electron chi connectivity index (χ4n) is 2.36. The lowest BCUT2D eigenvalue weighted by Gasteiger charge is -2.11. The Kier molecular flexibility index (Phi) is 5.03. The van der Waals surface area contributed by atoms with Crippen molar-refractivity contribution in [3.8, 4) is 5.75 Å². The molecule has 0 aliphatic heterocycles. The minimum atomic E-state index is -0.223. The van der Waals surface area contributed by atoms with Gasteiger partial charge in [-0.15, -0.1) is 10.2 Å². The largest absolute Gasteiger partial charge is 0.484 e. The molecule has 0 fully saturated rings. The van der Waals surface area contributed by atoms with Crippen LogP contribution in [0.2, 0.25) is 0 Å². The number of hydrogen-bond donors (Lipinski definition) is 2. The van der Waals surface area contributed by atoms with Gasteiger partial charge in [-0.05, 0) is 48.7 Å². The summed E-state index contributed by atoms with van der Waals surface area (Å²) in [6.45, 7) is 3.99. The third kappa shape index (κ3) is 4.41. The molecule has 0 aliphatic carbocycles. The molecule has 7 nitrogen and oxygen atoms in total. The highest BCUT2D eigenvalue weighted by molar-refractivity contribution is 5.92. The normalized spacial score (nSPS) is 10.5. The third-order valence-electron chi connectivity index (χ3n) is 3.88. The van der Waals surface area contributed by atoms with Crippen molar-refractivity contribution in [2.24, 2.45) is 0 Å². The molecule has 1 heterocycles. The highest BCUT2D eigenvalue weighted by Gasteiger charge is 2.10. The van der Waals surface area contributed by atoms with Crippen LogP contribution in [0.1, 0.15) is 22.5 Å². The zero-order valence-electron chi connectivity index (χ0n) is 14.1. The molecule has 0 atom stereocenters. The molecule has 0 aliphatic rings. The molecule has 3 rings (SSSR count). The van der Waals surface area contributed by atoms with Crippen LogP contribution in [-0.2, 0) is 11.2 Å². The molecule has 1 aromatic heterocycles. The molecule has 2 aromatic carbocycles. The van der Waals surface area contributed by atoms with E-state index in [-0.39, 0.29) is 12.5 Å². The molecule has 7 heteroatoms. The second kappa shape index (κ2) is 7.57. The summed E-state index contributed by atoms with van der Waals surface area (Å²) in [6, 6.07) is 13.3. The average Bonchev–Trinajstić information content (AvgIpc) is 3.11. The van der Waals surface area contributed by atoms with E-state index in [0.29, 0.717) is 23.7 Å². The van der Waals surface area contributed by atoms with Crippen LogP contribution in [0, 0.1) is 13.8 Å². The van der Waals surface area contributed by atoms with Crippen LogP contribution in [0.25, 0.3) is 0 Å². The van der Waals surface area contributed by atoms with E-state index in [1.54, 1.807) is 0 Å². The number of carbonyl (C=O) groups is 1. The van der Waals surface area contributed by atoms with E-state index in [4.69, 9.17) is 4.74 Å². The van der Waals surface area contributed by atoms with Crippen molar-refractivity contribution in [2.45, 2.75) is 20.3 Å². The minimum absolute atomic E-state index is 0.0565. The second-order valence-corrected chi connectivity index (χ2v) is 5.74. The van der Waals surface area contributed by atoms with Gasteiger partial charge in [-0.25, -0.2) is 0 Å². The number of carbonyl (C=O) groups excluding carboxylic acids is 1. The molecule has 0 saturated carbocycles. The van der Waals surface area contributed by atoms with Crippen LogP contribution < -0.4 is 10.1 Å². The standard InChI is InChI=1S/C18H19N5O2/c1-12-7-8-15(9-13(12)2)25-11-18(24)19-16-6-4-3-5-14(16)10-17-20-22-23-21-17/h3-9H,10-11H2,1-2H3,(H,19,24)(H,20,21,22,23). The number of anilines is 1. The predicted octanol–water partition coefficient (Wildman–Crippen LogP) is 2.42. The third-order valence-corrected chi connectivity index (χ3v) is 3.88. The minimum Gasteiger partial charge on any atom is -0.484 e. The highest BCUT2D eigenvalue weighted by Crippen LogP contribution is 2.18. The summed E-state index contributed by atoms with van der Waals surface area (Å²) in [6.07, 6.45) is 0.477. The van der Waals surface area contributed by atoms with Gasteiger partial charge < -0.3 is 10.1 Å². The van der Waals surface area contributed by atoms with Crippen LogP contribution in [0.4, 0.5) is 5.69 Å². The van der Waals surface area contributed by atoms with Crippen LogP contribution >= 0.6 is 0 Å². The quantitative estimate of drug-likeness (QED) is 0.720. The molecule has 0 unspecified atom stereocenters. The van der Waals surface area contributed by atoms with Gasteiger partial charge in [0.2, 0.25) is 0 Å². The molecule has 1 amide bonds. The van der Waals surface area contributed by atoms with Gasteiger partial charge in [-0.1, -0.05) is 29.5 Å². The van der Waals surface area contributed by atoms with E-state index in [9.17, 15) is 4.79 Å². The van der Waals surface area contributed by atoms with Crippen molar-refractivity contribution in [3.63, 3.8) is 0 Å². The fraction of sp³-hybridized carbons (Fsp3) is 0.222. The van der Waals surface area contributed by atoms with Crippen molar-refractivity contribution in [1.29, 1.82) is 0 Å². The van der Waals surface area contributed by atoms with Gasteiger partial charge >= 0.3 is 0 Å². The van der Waals surface area contributed by atoms with Crippen molar-refractivity contribution in [3.05, 3.63) is 65.0 Å². The summed E-state index contributed by atoms with van der Waals surface area (Å²) in [5.41, 5.74) is 3.93. The van der Waals surface area contributed by atoms with Gasteiger partial charge in [-0.2, -0.15) is 5.21 Å². The molecule has 0 saturated heterocycles. The first-order valence-electron chi connectivity index (χ1n) is 7.92. The molecule has 0 radical (unpaired) electrons. The number of benzene rings is 2. The van der Waals surface area contributed by atoms with Gasteiger partial charge in [-0.3, -0.25) is 4.79 Å². The Hall–Kier alpha value is -3.22. The number of rotatable bonds is 6. The summed E-state index contributed by atoms with van der Waals surface area (Å²) in [5, 5.41) is 16.7. The van der Waals surface area contributed by atoms with Gasteiger partial charge in [0.25, 0.3) is 5.91 Å². The number of amides is 1. The van der Waals surface area contributed by atoms with E-state index in [1.165, 1.54) is 5.56 Å². The van der Waals surface area contributed by atoms with Gasteiger partial charge in [0.05, 0.1) is 0 Å². The molecular weight excluding hydrogens is 318 g/mol. The lowest BCUT2D eigenvalue weighted by Crippen LogP contribution is -2.21. The highest BCUT2D eigenvalue weighted by atomic mass is 16.5. The van der Waals surface area contributed by atoms with Gasteiger partial charge in [0, 0.05) is 12.1 Å². The summed E-state index contributed by atoms with van der Waals surface area (Å²) in [5.74, 6) is 1.02. The first-order chi connectivity index (χ1) is 12.1. The maximum absolute atomic E-state index is 12.2. The Morgan fingerprint density at radius 2 is 2.00 bits per heavy atom. The molecule has 3 aromatic rings. The zero-order valence-corrected chi connectivity index (χ0v) is 14.1. The van der Waals surface area contributed by atoms with Crippen LogP contribution in [0.3, 0.4) is 0 Å². The summed E-state index contributed by atoms with van der Waals surface area (Å²) in [7, 11) is 0. The van der Waals surface area contributed by atoms with Crippen molar-refractivity contribution >= 4 is 11.6 Å². The summed E-state index contributed by atoms with van der Waals surface area (Å²) >= 11 is 0. The van der Waals surface area contributed by atoms with Crippen molar-refractivity contribution in [1.82, 2.24) is 20.6 Å². The fourth-order valence-corrected chi connectivity index (χ4v) is 2.36. The Labute approximate surface area is 145 Å². The first-order valence-corrected chi connectivity index (χ1v) is 7.92. The first kappa shape index (κ1) is 16.6. The molecule has 0 bridgehead atoms. The predicted molar refractivity (Wildman–Crippen MR) is 93.5 cm³/mol. The number of nitrogens with zero attached hydrogens (tertiary/aromatic N) is 3. The number of tetrazole rings is 1. The van der Waals surface area contributed by atoms with Crippen molar-refractivity contribution < 1.29 is 9.53 Å². The number of hydrogen-bond acceptors (Lipinski definition) is 5. The average molecular weight is 337 g/mol. The number of ether oxygens (including phenoxy) is 1. The molecule has 25 heavy (non-hydrogen) atoms. The maximum atomic E-state index is 12.2. The van der Waals surface area contributed by atoms with E-state index in [2.05, 4.69) is 25.9 Å². The van der Waals surface area contributed by atoms with Crippen LogP contribution in [0.15, 0.2) is 42.5 Å². The number of aryl methyl sites for hydroxylation is 2. The summed E-state index contributed by atoms with van der Waals surface area (Å²) in [4.78, 5) is 12.2. The summed E-state index contributed by atoms with van der Waals surface area (Å²) < 4.78 is 5.57. The second-order valence-electron chi connectivity index (χ2n) is 5.74. The Morgan fingerprint density at radius 3 is 2.76 bits per heavy atom. The lowest BCUT2D eigenvalue weighted by molar-refractivity contribution is -0.118. The van der Waals surface area contributed by atoms with Crippen molar-refractivity contribution in [2.75, 3.05) is 11.9 Å². The van der Waals surface area contributed by atoms with Gasteiger partial charge in [0.15, 0.2) is 12.4 Å². The smallest absolute Gasteiger partial charge is 0.262 e. The van der Waals surface area contributed by atoms with E-state index < -0.39 is 0 Å². The number of aromatic amines is 1.